The maximum absolute atomic E-state index is 12.0. The van der Waals surface area contributed by atoms with Gasteiger partial charge in [0.1, 0.15) is 0 Å². The second-order valence-electron chi connectivity index (χ2n) is 5.54. The van der Waals surface area contributed by atoms with E-state index in [9.17, 15) is 9.90 Å². The second-order valence-corrected chi connectivity index (χ2v) is 5.54. The summed E-state index contributed by atoms with van der Waals surface area (Å²) < 4.78 is 0. The van der Waals surface area contributed by atoms with E-state index >= 15 is 0 Å². The predicted octanol–water partition coefficient (Wildman–Crippen LogP) is 2.80. The Bertz CT molecular complexity index is 449. The van der Waals surface area contributed by atoms with Gasteiger partial charge in [-0.2, -0.15) is 0 Å². The molecular weight excluding hydrogens is 250 g/mol. The van der Waals surface area contributed by atoms with Crippen LogP contribution in [0.15, 0.2) is 42.5 Å². The van der Waals surface area contributed by atoms with Crippen molar-refractivity contribution in [1.82, 2.24) is 5.32 Å². The van der Waals surface area contributed by atoms with Crippen molar-refractivity contribution in [3.05, 3.63) is 48.0 Å². The standard InChI is InChI=1S/C17H23NO2/c1-13(16(19)15-10-6-3-7-11-15)17(20)18-12-14-8-4-2-5-9-14/h2,4-5,8-9,15-16,19H,1,3,6-7,10-12H2,(H,18,20). The lowest BCUT2D eigenvalue weighted by molar-refractivity contribution is -0.119. The van der Waals surface area contributed by atoms with Gasteiger partial charge in [-0.05, 0) is 24.3 Å². The Morgan fingerprint density at radius 1 is 1.25 bits per heavy atom. The summed E-state index contributed by atoms with van der Waals surface area (Å²) in [6.45, 7) is 4.25. The smallest absolute Gasteiger partial charge is 0.249 e. The van der Waals surface area contributed by atoms with Gasteiger partial charge in [-0.3, -0.25) is 4.79 Å². The molecule has 3 nitrogen and oxygen atoms in total. The number of aliphatic hydroxyl groups excluding tert-OH is 1. The van der Waals surface area contributed by atoms with Crippen LogP contribution in [0.4, 0.5) is 0 Å². The van der Waals surface area contributed by atoms with Gasteiger partial charge < -0.3 is 10.4 Å². The molecule has 0 radical (unpaired) electrons. The minimum absolute atomic E-state index is 0.193. The molecule has 3 heteroatoms. The monoisotopic (exact) mass is 273 g/mol. The highest BCUT2D eigenvalue weighted by atomic mass is 16.3. The summed E-state index contributed by atoms with van der Waals surface area (Å²) in [4.78, 5) is 12.0. The molecular formula is C17H23NO2. The van der Waals surface area contributed by atoms with Crippen molar-refractivity contribution in [3.63, 3.8) is 0 Å². The third-order valence-corrected chi connectivity index (χ3v) is 4.04. The molecule has 1 amide bonds. The van der Waals surface area contributed by atoms with E-state index in [1.165, 1.54) is 6.42 Å². The van der Waals surface area contributed by atoms with Crippen molar-refractivity contribution in [1.29, 1.82) is 0 Å². The summed E-state index contributed by atoms with van der Waals surface area (Å²) in [5, 5.41) is 13.1. The number of carbonyl (C=O) groups excluding carboxylic acids is 1. The van der Waals surface area contributed by atoms with E-state index in [-0.39, 0.29) is 11.8 Å². The van der Waals surface area contributed by atoms with Gasteiger partial charge in [-0.15, -0.1) is 0 Å². The zero-order valence-corrected chi connectivity index (χ0v) is 11.8. The van der Waals surface area contributed by atoms with Crippen LogP contribution in [-0.4, -0.2) is 17.1 Å². The summed E-state index contributed by atoms with van der Waals surface area (Å²) in [7, 11) is 0. The maximum Gasteiger partial charge on any atom is 0.249 e. The Morgan fingerprint density at radius 3 is 2.55 bits per heavy atom. The van der Waals surface area contributed by atoms with E-state index in [1.54, 1.807) is 0 Å². The molecule has 1 atom stereocenters. The summed E-state index contributed by atoms with van der Waals surface area (Å²) in [5.41, 5.74) is 1.34. The molecule has 0 bridgehead atoms. The normalized spacial score (nSPS) is 17.4. The van der Waals surface area contributed by atoms with Crippen LogP contribution in [-0.2, 0) is 11.3 Å². The van der Waals surface area contributed by atoms with Gasteiger partial charge in [0.15, 0.2) is 0 Å². The average Bonchev–Trinajstić information content (AvgIpc) is 2.53. The number of aliphatic hydroxyl groups is 1. The fourth-order valence-electron chi connectivity index (χ4n) is 2.76. The summed E-state index contributed by atoms with van der Waals surface area (Å²) in [6, 6.07) is 9.73. The molecule has 1 fully saturated rings. The molecule has 1 unspecified atom stereocenters. The first-order valence-electron chi connectivity index (χ1n) is 7.37. The van der Waals surface area contributed by atoms with Crippen LogP contribution < -0.4 is 5.32 Å². The van der Waals surface area contributed by atoms with Crippen molar-refractivity contribution in [3.8, 4) is 0 Å². The number of carbonyl (C=O) groups is 1. The van der Waals surface area contributed by atoms with E-state index in [0.29, 0.717) is 12.1 Å². The van der Waals surface area contributed by atoms with Crippen molar-refractivity contribution >= 4 is 5.91 Å². The van der Waals surface area contributed by atoms with Crippen LogP contribution in [0.3, 0.4) is 0 Å². The molecule has 0 aliphatic heterocycles. The van der Waals surface area contributed by atoms with E-state index in [4.69, 9.17) is 0 Å². The molecule has 0 aromatic heterocycles. The van der Waals surface area contributed by atoms with Crippen LogP contribution in [0.5, 0.6) is 0 Å². The van der Waals surface area contributed by atoms with E-state index < -0.39 is 6.10 Å². The second kappa shape index (κ2) is 7.25. The number of amides is 1. The van der Waals surface area contributed by atoms with Gasteiger partial charge in [0.05, 0.1) is 6.10 Å². The molecule has 2 N–H and O–H groups in total. The molecule has 0 saturated heterocycles. The topological polar surface area (TPSA) is 49.3 Å². The minimum Gasteiger partial charge on any atom is -0.388 e. The molecule has 0 spiro atoms. The minimum atomic E-state index is -0.703. The Balaban J connectivity index is 1.83. The molecule has 1 aromatic rings. The fourth-order valence-corrected chi connectivity index (χ4v) is 2.76. The maximum atomic E-state index is 12.0. The van der Waals surface area contributed by atoms with Gasteiger partial charge in [-0.1, -0.05) is 56.2 Å². The largest absolute Gasteiger partial charge is 0.388 e. The van der Waals surface area contributed by atoms with Crippen molar-refractivity contribution < 1.29 is 9.90 Å². The molecule has 0 heterocycles. The van der Waals surface area contributed by atoms with Crippen molar-refractivity contribution in [2.45, 2.75) is 44.8 Å². The van der Waals surface area contributed by atoms with Crippen LogP contribution in [0.2, 0.25) is 0 Å². The Kier molecular flexibility index (Phi) is 5.36. The molecule has 108 valence electrons. The Labute approximate surface area is 120 Å². The first-order chi connectivity index (χ1) is 9.68. The lowest BCUT2D eigenvalue weighted by atomic mass is 9.83. The van der Waals surface area contributed by atoms with E-state index in [1.807, 2.05) is 30.3 Å². The zero-order chi connectivity index (χ0) is 14.4. The molecule has 1 aromatic carbocycles. The Morgan fingerprint density at radius 2 is 1.90 bits per heavy atom. The molecule has 20 heavy (non-hydrogen) atoms. The van der Waals surface area contributed by atoms with Gasteiger partial charge >= 0.3 is 0 Å². The average molecular weight is 273 g/mol. The molecule has 1 aliphatic rings. The fraction of sp³-hybridized carbons (Fsp3) is 0.471. The number of hydrogen-bond donors (Lipinski definition) is 2. The molecule has 1 aliphatic carbocycles. The van der Waals surface area contributed by atoms with Crippen LogP contribution >= 0.6 is 0 Å². The van der Waals surface area contributed by atoms with Crippen molar-refractivity contribution in [2.24, 2.45) is 5.92 Å². The quantitative estimate of drug-likeness (QED) is 0.810. The number of benzene rings is 1. The Hall–Kier alpha value is -1.61. The van der Waals surface area contributed by atoms with Gasteiger partial charge in [0, 0.05) is 12.1 Å². The van der Waals surface area contributed by atoms with Crippen LogP contribution in [0, 0.1) is 5.92 Å². The summed E-state index contributed by atoms with van der Waals surface area (Å²) in [5.74, 6) is -0.0503. The first-order valence-corrected chi connectivity index (χ1v) is 7.37. The SMILES string of the molecule is C=C(C(=O)NCc1ccccc1)C(O)C1CCCCC1. The lowest BCUT2D eigenvalue weighted by Crippen LogP contribution is -2.34. The molecule has 1 saturated carbocycles. The zero-order valence-electron chi connectivity index (χ0n) is 11.8. The summed E-state index contributed by atoms with van der Waals surface area (Å²) in [6.07, 6.45) is 4.79. The highest BCUT2D eigenvalue weighted by Gasteiger charge is 2.26. The van der Waals surface area contributed by atoms with E-state index in [2.05, 4.69) is 11.9 Å². The van der Waals surface area contributed by atoms with Gasteiger partial charge in [0.2, 0.25) is 5.91 Å². The highest BCUT2D eigenvalue weighted by Crippen LogP contribution is 2.28. The van der Waals surface area contributed by atoms with Crippen LogP contribution in [0.1, 0.15) is 37.7 Å². The van der Waals surface area contributed by atoms with Crippen molar-refractivity contribution in [2.75, 3.05) is 0 Å². The lowest BCUT2D eigenvalue weighted by Gasteiger charge is -2.27. The highest BCUT2D eigenvalue weighted by molar-refractivity contribution is 5.93. The van der Waals surface area contributed by atoms with Crippen LogP contribution in [0.25, 0.3) is 0 Å². The first kappa shape index (κ1) is 14.8. The third kappa shape index (κ3) is 3.94. The van der Waals surface area contributed by atoms with E-state index in [0.717, 1.165) is 31.2 Å². The number of hydrogen-bond acceptors (Lipinski definition) is 2. The number of nitrogens with one attached hydrogen (secondary N) is 1. The third-order valence-electron chi connectivity index (χ3n) is 4.04. The van der Waals surface area contributed by atoms with Gasteiger partial charge in [0.25, 0.3) is 0 Å². The predicted molar refractivity (Wildman–Crippen MR) is 80.0 cm³/mol. The number of rotatable bonds is 5. The van der Waals surface area contributed by atoms with Gasteiger partial charge in [-0.25, -0.2) is 0 Å². The summed E-state index contributed by atoms with van der Waals surface area (Å²) >= 11 is 0. The molecule has 2 rings (SSSR count).